The minimum absolute atomic E-state index is 0.523. The van der Waals surface area contributed by atoms with Crippen LogP contribution < -0.4 is 5.32 Å². The van der Waals surface area contributed by atoms with E-state index >= 15 is 0 Å². The van der Waals surface area contributed by atoms with Crippen LogP contribution in [0.4, 0.5) is 0 Å². The Balaban J connectivity index is 3.12. The van der Waals surface area contributed by atoms with Crippen LogP contribution in [0.5, 0.6) is 0 Å². The topological polar surface area (TPSA) is 12.0 Å². The zero-order chi connectivity index (χ0) is 7.82. The molecular weight excluding hydrogens is 122 g/mol. The monoisotopic (exact) mass is 139 g/mol. The van der Waals surface area contributed by atoms with Gasteiger partial charge in [0.2, 0.25) is 0 Å². The van der Waals surface area contributed by atoms with Crippen molar-refractivity contribution in [3.05, 3.63) is 0 Å². The third-order valence-corrected chi connectivity index (χ3v) is 1.12. The van der Waals surface area contributed by atoms with Gasteiger partial charge in [0.1, 0.15) is 0 Å². The summed E-state index contributed by atoms with van der Waals surface area (Å²) in [6, 6.07) is 0. The van der Waals surface area contributed by atoms with E-state index in [1.54, 1.807) is 0 Å². The highest BCUT2D eigenvalue weighted by molar-refractivity contribution is 5.00. The van der Waals surface area contributed by atoms with Crippen LogP contribution in [0.1, 0.15) is 26.7 Å². The molecule has 0 aliphatic carbocycles. The van der Waals surface area contributed by atoms with Crippen molar-refractivity contribution >= 4 is 0 Å². The zero-order valence-electron chi connectivity index (χ0n) is 7.20. The first-order chi connectivity index (χ1) is 4.77. The van der Waals surface area contributed by atoms with Crippen LogP contribution in [0.15, 0.2) is 0 Å². The maximum absolute atomic E-state index is 3.13. The van der Waals surface area contributed by atoms with Crippen LogP contribution in [0.3, 0.4) is 0 Å². The highest BCUT2D eigenvalue weighted by Gasteiger charge is 1.81. The Hall–Kier alpha value is -0.480. The maximum atomic E-state index is 3.13. The van der Waals surface area contributed by atoms with Crippen molar-refractivity contribution in [1.29, 1.82) is 0 Å². The van der Waals surface area contributed by atoms with Crippen molar-refractivity contribution < 1.29 is 0 Å². The van der Waals surface area contributed by atoms with Gasteiger partial charge in [-0.1, -0.05) is 13.8 Å². The molecule has 0 fully saturated rings. The molecule has 0 atom stereocenters. The number of nitrogens with one attached hydrogen (secondary N) is 1. The Labute approximate surface area is 64.2 Å². The van der Waals surface area contributed by atoms with E-state index in [-0.39, 0.29) is 0 Å². The van der Waals surface area contributed by atoms with Gasteiger partial charge in [-0.05, 0) is 20.0 Å². The lowest BCUT2D eigenvalue weighted by atomic mass is 10.2. The highest BCUT2D eigenvalue weighted by Crippen LogP contribution is 1.88. The molecule has 1 nitrogen and oxygen atoms in total. The third kappa shape index (κ3) is 7.52. The molecule has 0 aromatic rings. The van der Waals surface area contributed by atoms with Crippen molar-refractivity contribution in [2.75, 3.05) is 13.6 Å². The summed E-state index contributed by atoms with van der Waals surface area (Å²) < 4.78 is 0. The molecule has 0 aromatic carbocycles. The van der Waals surface area contributed by atoms with Gasteiger partial charge in [-0.15, -0.1) is 11.8 Å². The summed E-state index contributed by atoms with van der Waals surface area (Å²) in [6.45, 7) is 5.31. The molecule has 10 heavy (non-hydrogen) atoms. The molecule has 0 saturated carbocycles. The molecule has 0 unspecified atom stereocenters. The van der Waals surface area contributed by atoms with Crippen LogP contribution in [0.2, 0.25) is 0 Å². The predicted molar refractivity (Wildman–Crippen MR) is 45.8 cm³/mol. The first kappa shape index (κ1) is 9.52. The fourth-order valence-electron chi connectivity index (χ4n) is 0.630. The molecule has 0 rings (SSSR count). The van der Waals surface area contributed by atoms with E-state index in [9.17, 15) is 0 Å². The quantitative estimate of drug-likeness (QED) is 0.463. The van der Waals surface area contributed by atoms with E-state index in [2.05, 4.69) is 31.0 Å². The first-order valence-electron chi connectivity index (χ1n) is 3.90. The fourth-order valence-corrected chi connectivity index (χ4v) is 0.630. The van der Waals surface area contributed by atoms with Gasteiger partial charge in [-0.3, -0.25) is 0 Å². The number of hydrogen-bond acceptors (Lipinski definition) is 1. The Morgan fingerprint density at radius 3 is 2.60 bits per heavy atom. The van der Waals surface area contributed by atoms with Crippen LogP contribution in [-0.4, -0.2) is 13.6 Å². The molecule has 0 aliphatic rings. The SMILES string of the molecule is CNCCCC#CC(C)C. The summed E-state index contributed by atoms with van der Waals surface area (Å²) in [5, 5.41) is 3.09. The van der Waals surface area contributed by atoms with Gasteiger partial charge in [-0.2, -0.15) is 0 Å². The van der Waals surface area contributed by atoms with Crippen LogP contribution in [0.25, 0.3) is 0 Å². The minimum atomic E-state index is 0.523. The minimum Gasteiger partial charge on any atom is -0.320 e. The maximum Gasteiger partial charge on any atom is 0.0146 e. The van der Waals surface area contributed by atoms with Gasteiger partial charge >= 0.3 is 0 Å². The van der Waals surface area contributed by atoms with Gasteiger partial charge in [0.15, 0.2) is 0 Å². The molecule has 0 aliphatic heterocycles. The van der Waals surface area contributed by atoms with Crippen molar-refractivity contribution in [3.8, 4) is 11.8 Å². The third-order valence-electron chi connectivity index (χ3n) is 1.12. The smallest absolute Gasteiger partial charge is 0.0146 e. The molecule has 0 spiro atoms. The summed E-state index contributed by atoms with van der Waals surface area (Å²) in [7, 11) is 1.97. The molecule has 0 heterocycles. The Bertz CT molecular complexity index is 116. The number of hydrogen-bond donors (Lipinski definition) is 1. The normalized spacial score (nSPS) is 9.20. The molecule has 0 amide bonds. The van der Waals surface area contributed by atoms with E-state index in [1.165, 1.54) is 0 Å². The highest BCUT2D eigenvalue weighted by atomic mass is 14.8. The Kier molecular flexibility index (Phi) is 6.32. The van der Waals surface area contributed by atoms with Gasteiger partial charge in [0.05, 0.1) is 0 Å². The molecule has 1 heteroatoms. The van der Waals surface area contributed by atoms with Crippen molar-refractivity contribution in [3.63, 3.8) is 0 Å². The van der Waals surface area contributed by atoms with E-state index in [4.69, 9.17) is 0 Å². The largest absolute Gasteiger partial charge is 0.320 e. The first-order valence-corrected chi connectivity index (χ1v) is 3.90. The van der Waals surface area contributed by atoms with Crippen LogP contribution in [-0.2, 0) is 0 Å². The van der Waals surface area contributed by atoms with E-state index in [0.717, 1.165) is 19.4 Å². The summed E-state index contributed by atoms with van der Waals surface area (Å²) in [6.07, 6.45) is 2.19. The van der Waals surface area contributed by atoms with Gasteiger partial charge in [0, 0.05) is 12.3 Å². The van der Waals surface area contributed by atoms with E-state index in [0.29, 0.717) is 5.92 Å². The molecule has 0 bridgehead atoms. The molecule has 1 N–H and O–H groups in total. The summed E-state index contributed by atoms with van der Waals surface area (Å²) in [4.78, 5) is 0. The van der Waals surface area contributed by atoms with Crippen molar-refractivity contribution in [1.82, 2.24) is 5.32 Å². The van der Waals surface area contributed by atoms with Gasteiger partial charge in [0.25, 0.3) is 0 Å². The van der Waals surface area contributed by atoms with E-state index in [1.807, 2.05) is 7.05 Å². The van der Waals surface area contributed by atoms with Crippen LogP contribution in [0, 0.1) is 17.8 Å². The van der Waals surface area contributed by atoms with Crippen LogP contribution >= 0.6 is 0 Å². The molecule has 58 valence electrons. The average molecular weight is 139 g/mol. The average Bonchev–Trinajstić information content (AvgIpc) is 1.87. The van der Waals surface area contributed by atoms with Gasteiger partial charge in [-0.25, -0.2) is 0 Å². The second-order valence-electron chi connectivity index (χ2n) is 2.68. The standard InChI is InChI=1S/C9H17N/c1-9(2)7-5-4-6-8-10-3/h9-10H,4,6,8H2,1-3H3. The molecule has 0 saturated heterocycles. The lowest BCUT2D eigenvalue weighted by Crippen LogP contribution is -2.06. The predicted octanol–water partition coefficient (Wildman–Crippen LogP) is 1.65. The summed E-state index contributed by atoms with van der Waals surface area (Å²) in [5.41, 5.74) is 0. The molecule has 0 radical (unpaired) electrons. The lowest BCUT2D eigenvalue weighted by Gasteiger charge is -1.92. The Morgan fingerprint density at radius 2 is 2.10 bits per heavy atom. The molecular formula is C9H17N. The number of rotatable bonds is 3. The second kappa shape index (κ2) is 6.64. The zero-order valence-corrected chi connectivity index (χ0v) is 7.20. The van der Waals surface area contributed by atoms with E-state index < -0.39 is 0 Å². The van der Waals surface area contributed by atoms with Gasteiger partial charge < -0.3 is 5.32 Å². The van der Waals surface area contributed by atoms with Crippen molar-refractivity contribution in [2.45, 2.75) is 26.7 Å². The fraction of sp³-hybridized carbons (Fsp3) is 0.778. The lowest BCUT2D eigenvalue weighted by molar-refractivity contribution is 0.741. The number of unbranched alkanes of at least 4 members (excludes halogenated alkanes) is 1. The van der Waals surface area contributed by atoms with Crippen molar-refractivity contribution in [2.24, 2.45) is 5.92 Å². The molecule has 0 aromatic heterocycles. The second-order valence-corrected chi connectivity index (χ2v) is 2.68. The Morgan fingerprint density at radius 1 is 1.40 bits per heavy atom. The summed E-state index contributed by atoms with van der Waals surface area (Å²) in [5.74, 6) is 6.78. The summed E-state index contributed by atoms with van der Waals surface area (Å²) >= 11 is 0.